The predicted molar refractivity (Wildman–Crippen MR) is 80.8 cm³/mol. The molecule has 0 bridgehead atoms. The molecular weight excluding hydrogens is 270 g/mol. The van der Waals surface area contributed by atoms with Crippen LogP contribution in [0.5, 0.6) is 11.5 Å². The van der Waals surface area contributed by atoms with Gasteiger partial charge in [-0.2, -0.15) is 0 Å². The van der Waals surface area contributed by atoms with E-state index in [2.05, 4.69) is 5.32 Å². The Bertz CT molecular complexity index is 494. The van der Waals surface area contributed by atoms with Crippen molar-refractivity contribution in [1.29, 1.82) is 0 Å². The first-order valence-corrected chi connectivity index (χ1v) is 7.26. The van der Waals surface area contributed by atoms with Gasteiger partial charge in [0.25, 0.3) is 0 Å². The molecule has 0 radical (unpaired) electrons. The summed E-state index contributed by atoms with van der Waals surface area (Å²) in [5.74, 6) is 1.38. The van der Waals surface area contributed by atoms with Crippen LogP contribution >= 0.6 is 0 Å². The van der Waals surface area contributed by atoms with Crippen molar-refractivity contribution >= 4 is 0 Å². The Hall–Kier alpha value is -1.30. The molecule has 1 aromatic carbocycles. The lowest BCUT2D eigenvalue weighted by Crippen LogP contribution is -2.56. The van der Waals surface area contributed by atoms with E-state index in [9.17, 15) is 10.2 Å². The third kappa shape index (κ3) is 3.67. The quantitative estimate of drug-likeness (QED) is 0.770. The van der Waals surface area contributed by atoms with Gasteiger partial charge in [0.1, 0.15) is 13.2 Å². The fourth-order valence-electron chi connectivity index (χ4n) is 1.95. The lowest BCUT2D eigenvalue weighted by atomic mass is 9.86. The molecule has 2 rings (SSSR count). The van der Waals surface area contributed by atoms with E-state index in [1.165, 1.54) is 0 Å². The average molecular weight is 295 g/mol. The van der Waals surface area contributed by atoms with Crippen LogP contribution in [0.25, 0.3) is 0 Å². The van der Waals surface area contributed by atoms with Gasteiger partial charge in [-0.05, 0) is 45.4 Å². The molecule has 0 aliphatic carbocycles. The molecule has 0 spiro atoms. The normalized spacial score (nSPS) is 16.7. The number of nitrogens with one attached hydrogen (secondary N) is 1. The number of rotatable bonds is 5. The highest BCUT2D eigenvalue weighted by molar-refractivity contribution is 5.44. The SMILES string of the molecule is CC(C)(O)C(C)(C)NCC(O)c1ccc2c(c1)OCCO2. The molecule has 0 aromatic heterocycles. The van der Waals surface area contributed by atoms with Crippen molar-refractivity contribution in [3.05, 3.63) is 23.8 Å². The minimum absolute atomic E-state index is 0.344. The number of hydrogen-bond acceptors (Lipinski definition) is 5. The van der Waals surface area contributed by atoms with Gasteiger partial charge in [0.2, 0.25) is 0 Å². The molecule has 5 nitrogen and oxygen atoms in total. The summed E-state index contributed by atoms with van der Waals surface area (Å²) in [4.78, 5) is 0. The maximum atomic E-state index is 10.3. The number of hydrogen-bond donors (Lipinski definition) is 3. The second-order valence-electron chi connectivity index (χ2n) is 6.48. The first-order chi connectivity index (χ1) is 9.71. The smallest absolute Gasteiger partial charge is 0.161 e. The number of fused-ring (bicyclic) bond motifs is 1. The number of aliphatic hydroxyl groups is 2. The molecule has 118 valence electrons. The summed E-state index contributed by atoms with van der Waals surface area (Å²) in [6.45, 7) is 8.73. The van der Waals surface area contributed by atoms with Crippen molar-refractivity contribution in [2.75, 3.05) is 19.8 Å². The topological polar surface area (TPSA) is 71.0 Å². The Kier molecular flexibility index (Phi) is 4.46. The number of benzene rings is 1. The number of β-amino-alcohol motifs (C(OH)–C–C–N with tert-alkyl or cyclic N) is 1. The van der Waals surface area contributed by atoms with E-state index in [1.54, 1.807) is 19.9 Å². The largest absolute Gasteiger partial charge is 0.486 e. The van der Waals surface area contributed by atoms with Gasteiger partial charge in [-0.1, -0.05) is 6.07 Å². The Morgan fingerprint density at radius 2 is 1.76 bits per heavy atom. The summed E-state index contributed by atoms with van der Waals surface area (Å²) in [7, 11) is 0. The zero-order valence-corrected chi connectivity index (χ0v) is 13.1. The predicted octanol–water partition coefficient (Wildman–Crippen LogP) is 1.63. The van der Waals surface area contributed by atoms with Gasteiger partial charge in [0, 0.05) is 12.1 Å². The summed E-state index contributed by atoms with van der Waals surface area (Å²) in [5.41, 5.74) is -0.639. The molecule has 1 atom stereocenters. The van der Waals surface area contributed by atoms with E-state index in [0.29, 0.717) is 31.3 Å². The minimum Gasteiger partial charge on any atom is -0.486 e. The van der Waals surface area contributed by atoms with Crippen LogP contribution in [0.15, 0.2) is 18.2 Å². The van der Waals surface area contributed by atoms with Gasteiger partial charge >= 0.3 is 0 Å². The van der Waals surface area contributed by atoms with Crippen molar-refractivity contribution in [1.82, 2.24) is 5.32 Å². The van der Waals surface area contributed by atoms with Crippen LogP contribution in [0.3, 0.4) is 0 Å². The van der Waals surface area contributed by atoms with Crippen molar-refractivity contribution in [3.63, 3.8) is 0 Å². The lowest BCUT2D eigenvalue weighted by Gasteiger charge is -2.38. The summed E-state index contributed by atoms with van der Waals surface area (Å²) < 4.78 is 11.0. The molecule has 3 N–H and O–H groups in total. The third-order valence-electron chi connectivity index (χ3n) is 4.22. The Labute approximate surface area is 125 Å². The fraction of sp³-hybridized carbons (Fsp3) is 0.625. The van der Waals surface area contributed by atoms with Gasteiger partial charge in [-0.15, -0.1) is 0 Å². The molecular formula is C16H25NO4. The van der Waals surface area contributed by atoms with Crippen LogP contribution in [-0.2, 0) is 0 Å². The molecule has 5 heteroatoms. The average Bonchev–Trinajstić information content (AvgIpc) is 2.43. The molecule has 0 saturated heterocycles. The number of aliphatic hydroxyl groups excluding tert-OH is 1. The maximum Gasteiger partial charge on any atom is 0.161 e. The lowest BCUT2D eigenvalue weighted by molar-refractivity contribution is -0.00980. The molecule has 0 amide bonds. The molecule has 1 heterocycles. The second-order valence-corrected chi connectivity index (χ2v) is 6.48. The molecule has 21 heavy (non-hydrogen) atoms. The van der Waals surface area contributed by atoms with E-state index in [4.69, 9.17) is 9.47 Å². The third-order valence-corrected chi connectivity index (χ3v) is 4.22. The van der Waals surface area contributed by atoms with Gasteiger partial charge in [-0.25, -0.2) is 0 Å². The first kappa shape index (κ1) is 16.1. The van der Waals surface area contributed by atoms with E-state index < -0.39 is 17.2 Å². The van der Waals surface area contributed by atoms with Crippen LogP contribution < -0.4 is 14.8 Å². The highest BCUT2D eigenvalue weighted by Gasteiger charge is 2.34. The van der Waals surface area contributed by atoms with Crippen molar-refractivity contribution in [3.8, 4) is 11.5 Å². The van der Waals surface area contributed by atoms with Crippen molar-refractivity contribution < 1.29 is 19.7 Å². The highest BCUT2D eigenvalue weighted by atomic mass is 16.6. The van der Waals surface area contributed by atoms with E-state index in [1.807, 2.05) is 26.0 Å². The van der Waals surface area contributed by atoms with Gasteiger partial charge in [-0.3, -0.25) is 0 Å². The molecule has 1 unspecified atom stereocenters. The zero-order valence-electron chi connectivity index (χ0n) is 13.1. The fourth-order valence-corrected chi connectivity index (χ4v) is 1.95. The standard InChI is InChI=1S/C16H25NO4/c1-15(2,16(3,4)19)17-10-12(18)11-5-6-13-14(9-11)21-8-7-20-13/h5-6,9,12,17-19H,7-8,10H2,1-4H3. The van der Waals surface area contributed by atoms with Crippen LogP contribution in [0.4, 0.5) is 0 Å². The second kappa shape index (κ2) is 5.83. The van der Waals surface area contributed by atoms with Crippen molar-refractivity contribution in [2.45, 2.75) is 44.9 Å². The van der Waals surface area contributed by atoms with E-state index in [0.717, 1.165) is 5.56 Å². The van der Waals surface area contributed by atoms with Crippen LogP contribution in [0.1, 0.15) is 39.4 Å². The number of ether oxygens (including phenoxy) is 2. The first-order valence-electron chi connectivity index (χ1n) is 7.26. The summed E-state index contributed by atoms with van der Waals surface area (Å²) in [6, 6.07) is 5.45. The molecule has 0 saturated carbocycles. The monoisotopic (exact) mass is 295 g/mol. The molecule has 1 aliphatic rings. The summed E-state index contributed by atoms with van der Waals surface area (Å²) in [6.07, 6.45) is -0.678. The van der Waals surface area contributed by atoms with Crippen molar-refractivity contribution in [2.24, 2.45) is 0 Å². The Morgan fingerprint density at radius 1 is 1.14 bits per heavy atom. The maximum absolute atomic E-state index is 10.3. The molecule has 1 aliphatic heterocycles. The van der Waals surface area contributed by atoms with Crippen LogP contribution in [0.2, 0.25) is 0 Å². The van der Waals surface area contributed by atoms with E-state index in [-0.39, 0.29) is 0 Å². The van der Waals surface area contributed by atoms with Gasteiger partial charge in [0.15, 0.2) is 11.5 Å². The van der Waals surface area contributed by atoms with Gasteiger partial charge in [0.05, 0.1) is 11.7 Å². The van der Waals surface area contributed by atoms with Crippen LogP contribution in [-0.4, -0.2) is 41.1 Å². The highest BCUT2D eigenvalue weighted by Crippen LogP contribution is 2.32. The van der Waals surface area contributed by atoms with Gasteiger partial charge < -0.3 is 25.0 Å². The van der Waals surface area contributed by atoms with E-state index >= 15 is 0 Å². The summed E-state index contributed by atoms with van der Waals surface area (Å²) in [5, 5.41) is 23.6. The summed E-state index contributed by atoms with van der Waals surface area (Å²) >= 11 is 0. The molecule has 1 aromatic rings. The Morgan fingerprint density at radius 3 is 2.38 bits per heavy atom. The molecule has 0 fully saturated rings. The minimum atomic E-state index is -0.889. The van der Waals surface area contributed by atoms with Crippen LogP contribution in [0, 0.1) is 0 Å². The Balaban J connectivity index is 2.02. The zero-order chi connectivity index (χ0) is 15.7.